The summed E-state index contributed by atoms with van der Waals surface area (Å²) in [5.41, 5.74) is 2.81. The maximum atomic E-state index is 12.9. The van der Waals surface area contributed by atoms with Crippen LogP contribution in [-0.2, 0) is 25.6 Å². The van der Waals surface area contributed by atoms with Gasteiger partial charge in [-0.2, -0.15) is 0 Å². The van der Waals surface area contributed by atoms with Crippen molar-refractivity contribution in [2.45, 2.75) is 64.0 Å². The van der Waals surface area contributed by atoms with E-state index in [1.54, 1.807) is 0 Å². The molecule has 1 aromatic heterocycles. The molecule has 0 spiro atoms. The average molecular weight is 440 g/mol. The Labute approximate surface area is 180 Å². The molecule has 0 unspecified atom stereocenters. The lowest BCUT2D eigenvalue weighted by molar-refractivity contribution is -0.170. The molecule has 11 heteroatoms. The minimum atomic E-state index is -1.60. The van der Waals surface area contributed by atoms with Gasteiger partial charge in [-0.1, -0.05) is 19.8 Å². The molecule has 1 heterocycles. The highest BCUT2D eigenvalue weighted by Gasteiger charge is 2.39. The van der Waals surface area contributed by atoms with Crippen LogP contribution in [-0.4, -0.2) is 59.0 Å². The number of aromatic amines is 1. The van der Waals surface area contributed by atoms with E-state index in [0.717, 1.165) is 17.7 Å². The van der Waals surface area contributed by atoms with Crippen LogP contribution in [0.1, 0.15) is 51.9 Å². The second-order valence-corrected chi connectivity index (χ2v) is 7.70. The van der Waals surface area contributed by atoms with Gasteiger partial charge in [0.1, 0.15) is 5.82 Å². The van der Waals surface area contributed by atoms with Crippen LogP contribution in [0, 0.1) is 0 Å². The largest absolute Gasteiger partial charge is 0.453 e. The molecule has 1 aliphatic rings. The van der Waals surface area contributed by atoms with Crippen molar-refractivity contribution in [1.82, 2.24) is 9.55 Å². The fourth-order valence-electron chi connectivity index (χ4n) is 3.60. The first kappa shape index (κ1) is 24.6. The van der Waals surface area contributed by atoms with E-state index in [4.69, 9.17) is 15.2 Å². The molecular weight excluding hydrogens is 408 g/mol. The van der Waals surface area contributed by atoms with Crippen LogP contribution in [0.25, 0.3) is 0 Å². The van der Waals surface area contributed by atoms with E-state index in [-0.39, 0.29) is 44.0 Å². The van der Waals surface area contributed by atoms with Crippen molar-refractivity contribution in [2.75, 3.05) is 37.5 Å². The first-order valence-corrected chi connectivity index (χ1v) is 10.6. The number of ether oxygens (including phenoxy) is 2. The van der Waals surface area contributed by atoms with Gasteiger partial charge in [0.05, 0.1) is 6.61 Å². The monoisotopic (exact) mass is 440 g/mol. The van der Waals surface area contributed by atoms with E-state index in [0.29, 0.717) is 19.3 Å². The Kier molecular flexibility index (Phi) is 8.81. The lowest BCUT2D eigenvalue weighted by Crippen LogP contribution is -2.46. The Balaban J connectivity index is 2.26. The number of amides is 1. The molecule has 2 rings (SSSR count). The maximum Gasteiger partial charge on any atom is 0.338 e. The molecule has 31 heavy (non-hydrogen) atoms. The van der Waals surface area contributed by atoms with Gasteiger partial charge in [0, 0.05) is 20.2 Å². The number of carbonyl (C=O) groups is 2. The standard InChI is InChI=1S/C20H32N4O7/c1-3-4-10-24-16(21)15(17(26)22-19(24)28)23(11-12-30-2)14(25)13-31-18(27)20(29)8-6-5-7-9-20/h29H,3-13,21H2,1-2H3,(H,22,26,28). The van der Waals surface area contributed by atoms with Crippen LogP contribution in [0.3, 0.4) is 0 Å². The summed E-state index contributed by atoms with van der Waals surface area (Å²) in [6.45, 7) is 1.57. The Morgan fingerprint density at radius 1 is 1.26 bits per heavy atom. The van der Waals surface area contributed by atoms with E-state index in [1.807, 2.05) is 6.92 Å². The highest BCUT2D eigenvalue weighted by atomic mass is 16.6. The minimum absolute atomic E-state index is 0.0452. The number of H-pyrrole nitrogens is 1. The number of nitrogens with one attached hydrogen (secondary N) is 1. The number of nitrogens with two attached hydrogens (primary N) is 1. The van der Waals surface area contributed by atoms with Crippen molar-refractivity contribution >= 4 is 23.4 Å². The normalized spacial score (nSPS) is 15.5. The molecule has 4 N–H and O–H groups in total. The maximum absolute atomic E-state index is 12.9. The number of aromatic nitrogens is 2. The number of nitrogens with zero attached hydrogens (tertiary/aromatic N) is 2. The summed E-state index contributed by atoms with van der Waals surface area (Å²) >= 11 is 0. The molecule has 1 aliphatic carbocycles. The Morgan fingerprint density at radius 2 is 1.94 bits per heavy atom. The third kappa shape index (κ3) is 5.95. The number of hydrogen-bond acceptors (Lipinski definition) is 8. The second kappa shape index (κ2) is 11.1. The summed E-state index contributed by atoms with van der Waals surface area (Å²) in [6, 6.07) is 0. The lowest BCUT2D eigenvalue weighted by Gasteiger charge is -2.30. The van der Waals surface area contributed by atoms with Crippen LogP contribution in [0.5, 0.6) is 0 Å². The number of anilines is 2. The van der Waals surface area contributed by atoms with Crippen molar-refractivity contribution in [3.8, 4) is 0 Å². The highest BCUT2D eigenvalue weighted by Crippen LogP contribution is 2.29. The number of nitrogen functional groups attached to an aromatic ring is 1. The van der Waals surface area contributed by atoms with Crippen LogP contribution < -0.4 is 21.9 Å². The fourth-order valence-corrected chi connectivity index (χ4v) is 3.60. The zero-order chi connectivity index (χ0) is 23.0. The molecule has 1 fully saturated rings. The molecule has 0 aromatic carbocycles. The molecule has 11 nitrogen and oxygen atoms in total. The SMILES string of the molecule is CCCCn1c(N)c(N(CCOC)C(=O)COC(=O)C2(O)CCCCC2)c(=O)[nH]c1=O. The smallest absolute Gasteiger partial charge is 0.338 e. The second-order valence-electron chi connectivity index (χ2n) is 7.70. The van der Waals surface area contributed by atoms with Crippen molar-refractivity contribution in [1.29, 1.82) is 0 Å². The van der Waals surface area contributed by atoms with Gasteiger partial charge >= 0.3 is 11.7 Å². The van der Waals surface area contributed by atoms with Gasteiger partial charge < -0.3 is 20.3 Å². The van der Waals surface area contributed by atoms with Crippen LogP contribution in [0.15, 0.2) is 9.59 Å². The van der Waals surface area contributed by atoms with Crippen molar-refractivity contribution in [3.05, 3.63) is 20.8 Å². The Bertz CT molecular complexity index is 886. The van der Waals surface area contributed by atoms with Gasteiger partial charge in [-0.3, -0.25) is 24.0 Å². The number of rotatable bonds is 10. The summed E-state index contributed by atoms with van der Waals surface area (Å²) in [5.74, 6) is -1.73. The van der Waals surface area contributed by atoms with E-state index in [2.05, 4.69) is 4.98 Å². The number of carbonyl (C=O) groups excluding carboxylic acids is 2. The summed E-state index contributed by atoms with van der Waals surface area (Å²) in [7, 11) is 1.43. The molecule has 0 atom stereocenters. The van der Waals surface area contributed by atoms with E-state index < -0.39 is 35.3 Å². The van der Waals surface area contributed by atoms with Gasteiger partial charge in [-0.25, -0.2) is 9.59 Å². The lowest BCUT2D eigenvalue weighted by atomic mass is 9.85. The summed E-state index contributed by atoms with van der Waals surface area (Å²) in [5, 5.41) is 10.5. The molecule has 174 valence electrons. The highest BCUT2D eigenvalue weighted by molar-refractivity contribution is 5.97. The topological polar surface area (TPSA) is 157 Å². The van der Waals surface area contributed by atoms with Gasteiger partial charge in [0.25, 0.3) is 11.5 Å². The first-order chi connectivity index (χ1) is 14.7. The van der Waals surface area contributed by atoms with Gasteiger partial charge in [0.15, 0.2) is 17.9 Å². The summed E-state index contributed by atoms with van der Waals surface area (Å²) < 4.78 is 11.3. The average Bonchev–Trinajstić information content (AvgIpc) is 2.74. The minimum Gasteiger partial charge on any atom is -0.453 e. The zero-order valence-electron chi connectivity index (χ0n) is 18.1. The molecule has 0 radical (unpaired) electrons. The third-order valence-electron chi connectivity index (χ3n) is 5.43. The van der Waals surface area contributed by atoms with E-state index >= 15 is 0 Å². The molecule has 0 bridgehead atoms. The van der Waals surface area contributed by atoms with Crippen LogP contribution in [0.2, 0.25) is 0 Å². The third-order valence-corrected chi connectivity index (χ3v) is 5.43. The number of aliphatic hydroxyl groups is 1. The molecule has 1 aromatic rings. The number of unbranched alkanes of at least 4 members (excludes halogenated alkanes) is 1. The Morgan fingerprint density at radius 3 is 2.55 bits per heavy atom. The summed E-state index contributed by atoms with van der Waals surface area (Å²) in [6.07, 6.45) is 4.33. The van der Waals surface area contributed by atoms with Gasteiger partial charge in [-0.15, -0.1) is 0 Å². The predicted octanol–water partition coefficient (Wildman–Crippen LogP) is 0.137. The first-order valence-electron chi connectivity index (χ1n) is 10.6. The molecule has 1 saturated carbocycles. The van der Waals surface area contributed by atoms with Crippen molar-refractivity contribution in [3.63, 3.8) is 0 Å². The fraction of sp³-hybridized carbons (Fsp3) is 0.700. The van der Waals surface area contributed by atoms with Crippen molar-refractivity contribution < 1.29 is 24.2 Å². The van der Waals surface area contributed by atoms with Gasteiger partial charge in [0.2, 0.25) is 0 Å². The Hall–Kier alpha value is -2.66. The van der Waals surface area contributed by atoms with Gasteiger partial charge in [-0.05, 0) is 32.1 Å². The predicted molar refractivity (Wildman–Crippen MR) is 114 cm³/mol. The quantitative estimate of drug-likeness (QED) is 0.434. The summed E-state index contributed by atoms with van der Waals surface area (Å²) in [4.78, 5) is 53.1. The molecule has 1 amide bonds. The number of esters is 1. The molecule has 0 saturated heterocycles. The van der Waals surface area contributed by atoms with Crippen LogP contribution >= 0.6 is 0 Å². The number of methoxy groups -OCH3 is 1. The molecular formula is C20H32N4O7. The zero-order valence-corrected chi connectivity index (χ0v) is 18.1. The molecule has 0 aliphatic heterocycles. The van der Waals surface area contributed by atoms with Crippen LogP contribution in [0.4, 0.5) is 11.5 Å². The van der Waals surface area contributed by atoms with E-state index in [9.17, 15) is 24.3 Å². The van der Waals surface area contributed by atoms with E-state index in [1.165, 1.54) is 11.7 Å². The number of hydrogen-bond donors (Lipinski definition) is 3. The van der Waals surface area contributed by atoms with Crippen molar-refractivity contribution in [2.24, 2.45) is 0 Å².